The van der Waals surface area contributed by atoms with Gasteiger partial charge in [-0.1, -0.05) is 59.0 Å². The standard InChI is InChI=1S/C27H25ClN4O2S2/c1-18-5-10-21(35-24-17-30-26(36-24)31-23-4-2-3-13-29-23)16-22(18)25(33)32-14-11-27(34,12-15-32)19-6-8-20(28)9-7-19/h2-10,13,16-17,34H,11-12,14-15H2,1H3,(H,29,30,31). The number of aliphatic hydroxyl groups is 1. The molecule has 2 aromatic heterocycles. The molecule has 0 bridgehead atoms. The molecule has 9 heteroatoms. The van der Waals surface area contributed by atoms with Gasteiger partial charge in [0.1, 0.15) is 5.82 Å². The van der Waals surface area contributed by atoms with E-state index in [9.17, 15) is 9.90 Å². The number of carbonyl (C=O) groups is 1. The highest BCUT2D eigenvalue weighted by atomic mass is 35.5. The van der Waals surface area contributed by atoms with Crippen molar-refractivity contribution in [1.29, 1.82) is 0 Å². The van der Waals surface area contributed by atoms with E-state index in [2.05, 4.69) is 15.3 Å². The van der Waals surface area contributed by atoms with E-state index in [4.69, 9.17) is 11.6 Å². The lowest BCUT2D eigenvalue weighted by molar-refractivity contribution is -0.0211. The number of carbonyl (C=O) groups excluding carboxylic acids is 1. The molecule has 0 saturated carbocycles. The number of amides is 1. The Balaban J connectivity index is 1.25. The van der Waals surface area contributed by atoms with Gasteiger partial charge in [0, 0.05) is 34.8 Å². The summed E-state index contributed by atoms with van der Waals surface area (Å²) in [6.45, 7) is 2.94. The fourth-order valence-corrected chi connectivity index (χ4v) is 6.25. The molecule has 0 aliphatic carbocycles. The van der Waals surface area contributed by atoms with Crippen molar-refractivity contribution in [2.45, 2.75) is 34.5 Å². The van der Waals surface area contributed by atoms with Gasteiger partial charge in [-0.15, -0.1) is 0 Å². The van der Waals surface area contributed by atoms with E-state index in [1.165, 1.54) is 11.3 Å². The number of piperidine rings is 1. The van der Waals surface area contributed by atoms with Gasteiger partial charge < -0.3 is 15.3 Å². The zero-order valence-electron chi connectivity index (χ0n) is 19.6. The van der Waals surface area contributed by atoms with Crippen LogP contribution < -0.4 is 5.32 Å². The molecular formula is C27H25ClN4O2S2. The molecule has 36 heavy (non-hydrogen) atoms. The lowest BCUT2D eigenvalue weighted by atomic mass is 9.84. The van der Waals surface area contributed by atoms with E-state index in [1.807, 2.05) is 66.6 Å². The number of hydrogen-bond donors (Lipinski definition) is 2. The first-order valence-corrected chi connectivity index (χ1v) is 13.6. The summed E-state index contributed by atoms with van der Waals surface area (Å²) >= 11 is 9.11. The number of anilines is 2. The summed E-state index contributed by atoms with van der Waals surface area (Å²) in [6.07, 6.45) is 4.53. The van der Waals surface area contributed by atoms with Crippen LogP contribution in [-0.4, -0.2) is 39.0 Å². The van der Waals surface area contributed by atoms with Gasteiger partial charge in [0.25, 0.3) is 5.91 Å². The number of pyridine rings is 1. The summed E-state index contributed by atoms with van der Waals surface area (Å²) in [7, 11) is 0. The lowest BCUT2D eigenvalue weighted by Crippen LogP contribution is -2.45. The molecule has 1 aliphatic rings. The molecule has 1 saturated heterocycles. The Morgan fingerprint density at radius 2 is 1.89 bits per heavy atom. The minimum Gasteiger partial charge on any atom is -0.385 e. The second-order valence-electron chi connectivity index (χ2n) is 8.73. The lowest BCUT2D eigenvalue weighted by Gasteiger charge is -2.38. The first-order chi connectivity index (χ1) is 17.4. The number of aryl methyl sites for hydroxylation is 1. The van der Waals surface area contributed by atoms with E-state index in [0.717, 1.165) is 31.2 Å². The molecule has 1 fully saturated rings. The van der Waals surface area contributed by atoms with Crippen LogP contribution in [0, 0.1) is 6.92 Å². The van der Waals surface area contributed by atoms with E-state index >= 15 is 0 Å². The van der Waals surface area contributed by atoms with Crippen LogP contribution in [0.25, 0.3) is 0 Å². The van der Waals surface area contributed by atoms with Crippen molar-refractivity contribution in [3.8, 4) is 0 Å². The first kappa shape index (κ1) is 24.8. The van der Waals surface area contributed by atoms with Gasteiger partial charge in [-0.05, 0) is 67.3 Å². The summed E-state index contributed by atoms with van der Waals surface area (Å²) < 4.78 is 1.02. The van der Waals surface area contributed by atoms with E-state index in [-0.39, 0.29) is 5.91 Å². The summed E-state index contributed by atoms with van der Waals surface area (Å²) in [5, 5.41) is 15.8. The largest absolute Gasteiger partial charge is 0.385 e. The van der Waals surface area contributed by atoms with Crippen molar-refractivity contribution in [2.75, 3.05) is 18.4 Å². The van der Waals surface area contributed by atoms with Crippen LogP contribution >= 0.6 is 34.7 Å². The predicted octanol–water partition coefficient (Wildman–Crippen LogP) is 6.52. The SMILES string of the molecule is Cc1ccc(Sc2cnc(Nc3ccccn3)s2)cc1C(=O)N1CCC(O)(c2ccc(Cl)cc2)CC1. The molecule has 6 nitrogen and oxygen atoms in total. The highest BCUT2D eigenvalue weighted by molar-refractivity contribution is 8.01. The molecule has 1 amide bonds. The number of halogens is 1. The number of rotatable bonds is 6. The van der Waals surface area contributed by atoms with Crippen LogP contribution in [0.4, 0.5) is 10.9 Å². The molecule has 5 rings (SSSR count). The van der Waals surface area contributed by atoms with Crippen molar-refractivity contribution < 1.29 is 9.90 Å². The van der Waals surface area contributed by atoms with Crippen molar-refractivity contribution in [2.24, 2.45) is 0 Å². The highest BCUT2D eigenvalue weighted by Crippen LogP contribution is 2.37. The zero-order chi connectivity index (χ0) is 25.1. The molecule has 3 heterocycles. The molecule has 0 spiro atoms. The van der Waals surface area contributed by atoms with Gasteiger partial charge in [-0.25, -0.2) is 9.97 Å². The smallest absolute Gasteiger partial charge is 0.254 e. The summed E-state index contributed by atoms with van der Waals surface area (Å²) in [5.41, 5.74) is 1.52. The predicted molar refractivity (Wildman–Crippen MR) is 145 cm³/mol. The average Bonchev–Trinajstić information content (AvgIpc) is 3.32. The molecule has 0 unspecified atom stereocenters. The average molecular weight is 537 g/mol. The van der Waals surface area contributed by atoms with Crippen LogP contribution in [0.15, 0.2) is 82.2 Å². The Morgan fingerprint density at radius 3 is 2.61 bits per heavy atom. The van der Waals surface area contributed by atoms with Crippen molar-refractivity contribution in [3.05, 3.63) is 94.8 Å². The Hall–Kier alpha value is -2.91. The molecule has 2 N–H and O–H groups in total. The summed E-state index contributed by atoms with van der Waals surface area (Å²) in [5.74, 6) is 0.742. The topological polar surface area (TPSA) is 78.4 Å². The van der Waals surface area contributed by atoms with E-state index < -0.39 is 5.60 Å². The number of likely N-dealkylation sites (tertiary alicyclic amines) is 1. The number of thiazole rings is 1. The van der Waals surface area contributed by atoms with Gasteiger partial charge in [0.05, 0.1) is 16.0 Å². The fraction of sp³-hybridized carbons (Fsp3) is 0.222. The van der Waals surface area contributed by atoms with Crippen LogP contribution in [0.1, 0.15) is 34.3 Å². The van der Waals surface area contributed by atoms with Gasteiger partial charge in [0.15, 0.2) is 5.13 Å². The van der Waals surface area contributed by atoms with Crippen LogP contribution in [-0.2, 0) is 5.60 Å². The van der Waals surface area contributed by atoms with Gasteiger partial charge in [0.2, 0.25) is 0 Å². The normalized spacial score (nSPS) is 15.0. The zero-order valence-corrected chi connectivity index (χ0v) is 22.0. The third kappa shape index (κ3) is 5.57. The third-order valence-electron chi connectivity index (χ3n) is 6.30. The molecule has 0 atom stereocenters. The summed E-state index contributed by atoms with van der Waals surface area (Å²) in [6, 6.07) is 19.0. The number of nitrogens with one attached hydrogen (secondary N) is 1. The molecule has 4 aromatic rings. The van der Waals surface area contributed by atoms with Crippen LogP contribution in [0.2, 0.25) is 5.02 Å². The Bertz CT molecular complexity index is 1350. The molecule has 2 aromatic carbocycles. The quantitative estimate of drug-likeness (QED) is 0.292. The first-order valence-electron chi connectivity index (χ1n) is 11.6. The molecule has 184 valence electrons. The van der Waals surface area contributed by atoms with Crippen molar-refractivity contribution >= 4 is 51.6 Å². The Kier molecular flexibility index (Phi) is 7.29. The number of benzene rings is 2. The monoisotopic (exact) mass is 536 g/mol. The van der Waals surface area contributed by atoms with Gasteiger partial charge in [-0.2, -0.15) is 0 Å². The minimum absolute atomic E-state index is 0.00471. The van der Waals surface area contributed by atoms with Crippen LogP contribution in [0.5, 0.6) is 0 Å². The number of aromatic nitrogens is 2. The number of hydrogen-bond acceptors (Lipinski definition) is 7. The third-order valence-corrected chi connectivity index (χ3v) is 8.56. The maximum atomic E-state index is 13.4. The molecule has 0 radical (unpaired) electrons. The van der Waals surface area contributed by atoms with Crippen molar-refractivity contribution in [1.82, 2.24) is 14.9 Å². The van der Waals surface area contributed by atoms with E-state index in [1.54, 1.807) is 30.1 Å². The van der Waals surface area contributed by atoms with Crippen LogP contribution in [0.3, 0.4) is 0 Å². The maximum Gasteiger partial charge on any atom is 0.254 e. The second kappa shape index (κ2) is 10.6. The minimum atomic E-state index is -0.943. The second-order valence-corrected chi connectivity index (χ2v) is 11.6. The fourth-order valence-electron chi connectivity index (χ4n) is 4.22. The molecule has 1 aliphatic heterocycles. The van der Waals surface area contributed by atoms with E-state index in [0.29, 0.717) is 36.5 Å². The molecular weight excluding hydrogens is 512 g/mol. The highest BCUT2D eigenvalue weighted by Gasteiger charge is 2.35. The number of nitrogens with zero attached hydrogens (tertiary/aromatic N) is 3. The van der Waals surface area contributed by atoms with Gasteiger partial charge >= 0.3 is 0 Å². The van der Waals surface area contributed by atoms with Gasteiger partial charge in [-0.3, -0.25) is 4.79 Å². The summed E-state index contributed by atoms with van der Waals surface area (Å²) in [4.78, 5) is 24.9. The maximum absolute atomic E-state index is 13.4. The Labute approximate surface area is 223 Å². The van der Waals surface area contributed by atoms with Crippen molar-refractivity contribution in [3.63, 3.8) is 0 Å². The Morgan fingerprint density at radius 1 is 1.11 bits per heavy atom.